The lowest BCUT2D eigenvalue weighted by molar-refractivity contribution is -0.119. The zero-order valence-corrected chi connectivity index (χ0v) is 14.5. The number of hydrogen-bond acceptors (Lipinski definition) is 5. The van der Waals surface area contributed by atoms with Crippen molar-refractivity contribution in [3.8, 4) is 6.07 Å². The first-order valence-electron chi connectivity index (χ1n) is 7.95. The number of aromatic nitrogens is 1. The molecule has 1 aliphatic carbocycles. The van der Waals surface area contributed by atoms with Crippen molar-refractivity contribution in [1.82, 2.24) is 10.3 Å². The Bertz CT molecular complexity index is 592. The second kappa shape index (κ2) is 8.90. The Balaban J connectivity index is 1.99. The molecule has 0 spiro atoms. The molecule has 1 aliphatic rings. The minimum Gasteiger partial charge on any atom is -0.380 e. The third-order valence-electron chi connectivity index (χ3n) is 3.92. The lowest BCUT2D eigenvalue weighted by atomic mass is 9.95. The number of ether oxygens (including phenoxy) is 1. The van der Waals surface area contributed by atoms with Gasteiger partial charge in [-0.15, -0.1) is 0 Å². The molecule has 0 atom stereocenters. The van der Waals surface area contributed by atoms with Crippen LogP contribution in [0, 0.1) is 18.3 Å². The number of nitriles is 1. The zero-order valence-electron chi connectivity index (χ0n) is 13.7. The Morgan fingerprint density at radius 1 is 1.48 bits per heavy atom. The summed E-state index contributed by atoms with van der Waals surface area (Å²) in [6, 6.07) is 4.35. The maximum Gasteiger partial charge on any atom is 0.230 e. The number of hydrogen-bond donors (Lipinski definition) is 1. The summed E-state index contributed by atoms with van der Waals surface area (Å²) >= 11 is 1.32. The van der Waals surface area contributed by atoms with Crippen molar-refractivity contribution < 1.29 is 9.53 Å². The molecule has 1 saturated carbocycles. The van der Waals surface area contributed by atoms with Crippen LogP contribution in [0.15, 0.2) is 11.1 Å². The van der Waals surface area contributed by atoms with E-state index in [0.29, 0.717) is 23.2 Å². The summed E-state index contributed by atoms with van der Waals surface area (Å²) in [5, 5.41) is 13.1. The minimum absolute atomic E-state index is 0.0161. The van der Waals surface area contributed by atoms with E-state index >= 15 is 0 Å². The maximum atomic E-state index is 12.1. The van der Waals surface area contributed by atoms with Crippen LogP contribution in [0.5, 0.6) is 0 Å². The molecule has 1 amide bonds. The summed E-state index contributed by atoms with van der Waals surface area (Å²) in [6.45, 7) is 2.25. The summed E-state index contributed by atoms with van der Waals surface area (Å²) in [4.78, 5) is 16.5. The number of thioether (sulfide) groups is 1. The van der Waals surface area contributed by atoms with E-state index in [2.05, 4.69) is 16.4 Å². The maximum absolute atomic E-state index is 12.1. The van der Waals surface area contributed by atoms with Gasteiger partial charge in [0, 0.05) is 18.8 Å². The highest BCUT2D eigenvalue weighted by molar-refractivity contribution is 8.00. The molecule has 1 aromatic heterocycles. The molecule has 0 aromatic carbocycles. The van der Waals surface area contributed by atoms with Gasteiger partial charge in [0.05, 0.1) is 17.9 Å². The van der Waals surface area contributed by atoms with E-state index in [-0.39, 0.29) is 11.7 Å². The molecule has 124 valence electrons. The highest BCUT2D eigenvalue weighted by atomic mass is 32.2. The van der Waals surface area contributed by atoms with Crippen molar-refractivity contribution in [2.45, 2.75) is 56.7 Å². The van der Waals surface area contributed by atoms with Crippen LogP contribution in [0.1, 0.15) is 48.9 Å². The van der Waals surface area contributed by atoms with Crippen LogP contribution >= 0.6 is 11.8 Å². The van der Waals surface area contributed by atoms with Gasteiger partial charge >= 0.3 is 0 Å². The summed E-state index contributed by atoms with van der Waals surface area (Å²) in [6.07, 6.45) is 5.79. The number of rotatable bonds is 6. The molecule has 1 N–H and O–H groups in total. The van der Waals surface area contributed by atoms with Gasteiger partial charge in [-0.3, -0.25) is 4.79 Å². The van der Waals surface area contributed by atoms with E-state index in [4.69, 9.17) is 4.74 Å². The molecular weight excluding hydrogens is 310 g/mol. The van der Waals surface area contributed by atoms with Crippen molar-refractivity contribution in [3.05, 3.63) is 22.9 Å². The number of pyridine rings is 1. The van der Waals surface area contributed by atoms with Crippen LogP contribution in [-0.2, 0) is 16.1 Å². The fraction of sp³-hybridized carbons (Fsp3) is 0.588. The average molecular weight is 333 g/mol. The second-order valence-corrected chi connectivity index (χ2v) is 6.80. The van der Waals surface area contributed by atoms with Crippen LogP contribution in [0.3, 0.4) is 0 Å². The Hall–Kier alpha value is -1.58. The van der Waals surface area contributed by atoms with Crippen LogP contribution in [0.2, 0.25) is 0 Å². The van der Waals surface area contributed by atoms with Crippen LogP contribution in [0.25, 0.3) is 0 Å². The van der Waals surface area contributed by atoms with Gasteiger partial charge in [-0.2, -0.15) is 5.26 Å². The van der Waals surface area contributed by atoms with Gasteiger partial charge in [-0.05, 0) is 31.4 Å². The zero-order chi connectivity index (χ0) is 16.7. The third kappa shape index (κ3) is 5.22. The molecule has 0 unspecified atom stereocenters. The molecule has 0 radical (unpaired) electrons. The van der Waals surface area contributed by atoms with Crippen molar-refractivity contribution in [2.75, 3.05) is 12.9 Å². The third-order valence-corrected chi connectivity index (χ3v) is 4.89. The molecule has 6 heteroatoms. The topological polar surface area (TPSA) is 75.0 Å². The van der Waals surface area contributed by atoms with Crippen LogP contribution in [-0.4, -0.2) is 29.8 Å². The largest absolute Gasteiger partial charge is 0.380 e. The molecule has 23 heavy (non-hydrogen) atoms. The van der Waals surface area contributed by atoms with Gasteiger partial charge in [-0.1, -0.05) is 31.0 Å². The molecule has 2 rings (SSSR count). The molecule has 1 fully saturated rings. The molecule has 0 aliphatic heterocycles. The van der Waals surface area contributed by atoms with Crippen LogP contribution in [0.4, 0.5) is 0 Å². The first kappa shape index (κ1) is 17.8. The molecular formula is C17H23N3O2S. The highest BCUT2D eigenvalue weighted by Crippen LogP contribution is 2.25. The van der Waals surface area contributed by atoms with Gasteiger partial charge in [0.1, 0.15) is 11.1 Å². The van der Waals surface area contributed by atoms with E-state index in [0.717, 1.165) is 24.1 Å². The van der Waals surface area contributed by atoms with Gasteiger partial charge in [-0.25, -0.2) is 4.98 Å². The summed E-state index contributed by atoms with van der Waals surface area (Å²) in [5.41, 5.74) is 2.15. The quantitative estimate of drug-likeness (QED) is 0.810. The Labute approximate surface area is 141 Å². The highest BCUT2D eigenvalue weighted by Gasteiger charge is 2.17. The number of nitrogens with one attached hydrogen (secondary N) is 1. The number of carbonyl (C=O) groups excluding carboxylic acids is 1. The second-order valence-electron chi connectivity index (χ2n) is 5.84. The van der Waals surface area contributed by atoms with Crippen molar-refractivity contribution in [3.63, 3.8) is 0 Å². The fourth-order valence-electron chi connectivity index (χ4n) is 2.85. The number of carbonyl (C=O) groups is 1. The molecule has 1 heterocycles. The Morgan fingerprint density at radius 3 is 2.87 bits per heavy atom. The van der Waals surface area contributed by atoms with E-state index < -0.39 is 0 Å². The Kier molecular flexibility index (Phi) is 6.87. The summed E-state index contributed by atoms with van der Waals surface area (Å²) in [5.74, 6) is 0.302. The minimum atomic E-state index is 0.0161. The van der Waals surface area contributed by atoms with Crippen molar-refractivity contribution in [1.29, 1.82) is 5.26 Å². The number of methoxy groups -OCH3 is 1. The standard InChI is InChI=1S/C17H23N3O2S/c1-12-8-13(10-22-2)15(9-18)17(19-12)23-11-16(21)20-14-6-4-3-5-7-14/h8,14H,3-7,10-11H2,1-2H3,(H,20,21). The predicted octanol–water partition coefficient (Wildman–Crippen LogP) is 2.95. The lowest BCUT2D eigenvalue weighted by Crippen LogP contribution is -2.37. The van der Waals surface area contributed by atoms with E-state index in [9.17, 15) is 10.1 Å². The van der Waals surface area contributed by atoms with Gasteiger partial charge in [0.25, 0.3) is 0 Å². The molecule has 1 aromatic rings. The van der Waals surface area contributed by atoms with Crippen molar-refractivity contribution >= 4 is 17.7 Å². The van der Waals surface area contributed by atoms with E-state index in [1.54, 1.807) is 7.11 Å². The van der Waals surface area contributed by atoms with E-state index in [1.165, 1.54) is 31.0 Å². The normalized spacial score (nSPS) is 15.2. The molecule has 0 saturated heterocycles. The van der Waals surface area contributed by atoms with Crippen molar-refractivity contribution in [2.24, 2.45) is 0 Å². The summed E-state index contributed by atoms with van der Waals surface area (Å²) < 4.78 is 5.14. The average Bonchev–Trinajstić information content (AvgIpc) is 2.54. The van der Waals surface area contributed by atoms with Crippen LogP contribution < -0.4 is 5.32 Å². The first-order chi connectivity index (χ1) is 11.1. The monoisotopic (exact) mass is 333 g/mol. The molecule has 5 nitrogen and oxygen atoms in total. The fourth-order valence-corrected chi connectivity index (χ4v) is 3.73. The summed E-state index contributed by atoms with van der Waals surface area (Å²) in [7, 11) is 1.60. The van der Waals surface area contributed by atoms with E-state index in [1.807, 2.05) is 13.0 Å². The first-order valence-corrected chi connectivity index (χ1v) is 8.94. The Morgan fingerprint density at radius 2 is 2.22 bits per heavy atom. The van der Waals surface area contributed by atoms with Gasteiger partial charge < -0.3 is 10.1 Å². The smallest absolute Gasteiger partial charge is 0.230 e. The van der Waals surface area contributed by atoms with Gasteiger partial charge in [0.2, 0.25) is 5.91 Å². The van der Waals surface area contributed by atoms with Gasteiger partial charge in [0.15, 0.2) is 0 Å². The predicted molar refractivity (Wildman–Crippen MR) is 90.1 cm³/mol. The number of aryl methyl sites for hydroxylation is 1. The SMILES string of the molecule is COCc1cc(C)nc(SCC(=O)NC2CCCCC2)c1C#N. The lowest BCUT2D eigenvalue weighted by Gasteiger charge is -2.22. The number of nitrogens with zero attached hydrogens (tertiary/aromatic N) is 2. The molecule has 0 bridgehead atoms. The number of amides is 1.